The first-order chi connectivity index (χ1) is 7.74. The molecule has 2 rings (SSSR count). The number of hydrogen-bond acceptors (Lipinski definition) is 3. The molecule has 4 heteroatoms. The zero-order valence-electron chi connectivity index (χ0n) is 9.35. The van der Waals surface area contributed by atoms with Gasteiger partial charge in [-0.05, 0) is 18.6 Å². The maximum Gasteiger partial charge on any atom is 0.414 e. The fraction of sp³-hybridized carbons (Fsp3) is 0.417. The van der Waals surface area contributed by atoms with Crippen LogP contribution in [-0.4, -0.2) is 18.7 Å². The van der Waals surface area contributed by atoms with Crippen LogP contribution in [0.4, 0.5) is 10.5 Å². The van der Waals surface area contributed by atoms with Crippen molar-refractivity contribution in [3.8, 4) is 0 Å². The molecule has 1 aliphatic rings. The summed E-state index contributed by atoms with van der Waals surface area (Å²) in [5, 5.41) is 0. The number of rotatable bonds is 2. The van der Waals surface area contributed by atoms with Crippen LogP contribution in [0.3, 0.4) is 0 Å². The van der Waals surface area contributed by atoms with Gasteiger partial charge in [-0.25, -0.2) is 4.79 Å². The standard InChI is InChI=1S/C12H16N2O2/c1-9-6-7-16-12(15)14(9)11-5-3-2-4-10(11)8-13/h2-5,9H,6-8,13H2,1H3. The van der Waals surface area contributed by atoms with Gasteiger partial charge in [-0.2, -0.15) is 0 Å². The van der Waals surface area contributed by atoms with Crippen LogP contribution in [0, 0.1) is 0 Å². The van der Waals surface area contributed by atoms with E-state index in [9.17, 15) is 4.79 Å². The maximum absolute atomic E-state index is 11.7. The molecule has 1 aliphatic heterocycles. The first-order valence-corrected chi connectivity index (χ1v) is 5.48. The minimum Gasteiger partial charge on any atom is -0.449 e. The largest absolute Gasteiger partial charge is 0.449 e. The van der Waals surface area contributed by atoms with Crippen LogP contribution in [0.25, 0.3) is 0 Å². The van der Waals surface area contributed by atoms with E-state index in [0.29, 0.717) is 13.2 Å². The van der Waals surface area contributed by atoms with Gasteiger partial charge >= 0.3 is 6.09 Å². The van der Waals surface area contributed by atoms with Gasteiger partial charge in [0, 0.05) is 19.0 Å². The molecule has 1 fully saturated rings. The van der Waals surface area contributed by atoms with Gasteiger partial charge in [-0.15, -0.1) is 0 Å². The third-order valence-electron chi connectivity index (χ3n) is 2.87. The first kappa shape index (κ1) is 11.0. The Morgan fingerprint density at radius 2 is 2.25 bits per heavy atom. The topological polar surface area (TPSA) is 55.6 Å². The second-order valence-electron chi connectivity index (χ2n) is 3.95. The number of nitrogens with two attached hydrogens (primary N) is 1. The van der Waals surface area contributed by atoms with E-state index in [1.165, 1.54) is 0 Å². The van der Waals surface area contributed by atoms with Gasteiger partial charge in [0.2, 0.25) is 0 Å². The van der Waals surface area contributed by atoms with Crippen LogP contribution < -0.4 is 10.6 Å². The summed E-state index contributed by atoms with van der Waals surface area (Å²) in [6, 6.07) is 7.83. The first-order valence-electron chi connectivity index (χ1n) is 5.48. The van der Waals surface area contributed by atoms with Crippen LogP contribution in [0.1, 0.15) is 18.9 Å². The fourth-order valence-electron chi connectivity index (χ4n) is 1.95. The molecular formula is C12H16N2O2. The monoisotopic (exact) mass is 220 g/mol. The summed E-state index contributed by atoms with van der Waals surface area (Å²) in [7, 11) is 0. The lowest BCUT2D eigenvalue weighted by molar-refractivity contribution is 0.131. The molecule has 0 radical (unpaired) electrons. The lowest BCUT2D eigenvalue weighted by Crippen LogP contribution is -2.44. The Morgan fingerprint density at radius 1 is 1.50 bits per heavy atom. The Bertz CT molecular complexity index is 392. The average molecular weight is 220 g/mol. The normalized spacial score (nSPS) is 20.8. The molecule has 1 amide bonds. The highest BCUT2D eigenvalue weighted by atomic mass is 16.6. The molecule has 1 unspecified atom stereocenters. The van der Waals surface area contributed by atoms with Crippen molar-refractivity contribution >= 4 is 11.8 Å². The number of cyclic esters (lactones) is 1. The van der Waals surface area contributed by atoms with Crippen LogP contribution in [0.2, 0.25) is 0 Å². The van der Waals surface area contributed by atoms with Crippen LogP contribution in [0.5, 0.6) is 0 Å². The van der Waals surface area contributed by atoms with Crippen LogP contribution >= 0.6 is 0 Å². The van der Waals surface area contributed by atoms with Gasteiger partial charge in [0.05, 0.1) is 12.3 Å². The molecule has 2 N–H and O–H groups in total. The summed E-state index contributed by atoms with van der Waals surface area (Å²) < 4.78 is 5.06. The minimum absolute atomic E-state index is 0.161. The average Bonchev–Trinajstić information content (AvgIpc) is 2.29. The van der Waals surface area contributed by atoms with Gasteiger partial charge < -0.3 is 10.5 Å². The summed E-state index contributed by atoms with van der Waals surface area (Å²) in [5.41, 5.74) is 7.50. The number of hydrogen-bond donors (Lipinski definition) is 1. The summed E-state index contributed by atoms with van der Waals surface area (Å²) in [4.78, 5) is 13.4. The van der Waals surface area contributed by atoms with E-state index in [2.05, 4.69) is 0 Å². The smallest absolute Gasteiger partial charge is 0.414 e. The Hall–Kier alpha value is -1.55. The highest BCUT2D eigenvalue weighted by molar-refractivity contribution is 5.89. The molecule has 1 heterocycles. The van der Waals surface area contributed by atoms with Crippen molar-refractivity contribution in [2.45, 2.75) is 25.9 Å². The van der Waals surface area contributed by atoms with Crippen molar-refractivity contribution in [2.75, 3.05) is 11.5 Å². The zero-order valence-corrected chi connectivity index (χ0v) is 9.35. The SMILES string of the molecule is CC1CCOC(=O)N1c1ccccc1CN. The molecule has 0 spiro atoms. The van der Waals surface area contributed by atoms with Crippen LogP contribution in [-0.2, 0) is 11.3 Å². The second-order valence-corrected chi connectivity index (χ2v) is 3.95. The Kier molecular flexibility index (Phi) is 3.10. The number of amides is 1. The highest BCUT2D eigenvalue weighted by Crippen LogP contribution is 2.26. The Labute approximate surface area is 95.0 Å². The van der Waals surface area contributed by atoms with E-state index in [4.69, 9.17) is 10.5 Å². The third-order valence-corrected chi connectivity index (χ3v) is 2.87. The van der Waals surface area contributed by atoms with E-state index in [0.717, 1.165) is 17.7 Å². The van der Waals surface area contributed by atoms with Crippen molar-refractivity contribution in [1.29, 1.82) is 0 Å². The molecule has 16 heavy (non-hydrogen) atoms. The van der Waals surface area contributed by atoms with Gasteiger partial charge in [0.25, 0.3) is 0 Å². The lowest BCUT2D eigenvalue weighted by Gasteiger charge is -2.33. The van der Waals surface area contributed by atoms with E-state index in [-0.39, 0.29) is 12.1 Å². The molecule has 0 bridgehead atoms. The quantitative estimate of drug-likeness (QED) is 0.828. The van der Waals surface area contributed by atoms with Crippen molar-refractivity contribution < 1.29 is 9.53 Å². The van der Waals surface area contributed by atoms with Gasteiger partial charge in [0.15, 0.2) is 0 Å². The molecule has 86 valence electrons. The lowest BCUT2D eigenvalue weighted by atomic mass is 10.1. The number of para-hydroxylation sites is 1. The van der Waals surface area contributed by atoms with E-state index in [1.807, 2.05) is 31.2 Å². The third kappa shape index (κ3) is 1.88. The number of ether oxygens (including phenoxy) is 1. The fourth-order valence-corrected chi connectivity index (χ4v) is 1.95. The maximum atomic E-state index is 11.7. The van der Waals surface area contributed by atoms with Gasteiger partial charge in [-0.1, -0.05) is 18.2 Å². The predicted molar refractivity (Wildman–Crippen MR) is 62.2 cm³/mol. The molecule has 0 saturated carbocycles. The van der Waals surface area contributed by atoms with E-state index < -0.39 is 0 Å². The van der Waals surface area contributed by atoms with Crippen molar-refractivity contribution in [1.82, 2.24) is 0 Å². The summed E-state index contributed by atoms with van der Waals surface area (Å²) in [6.45, 7) is 2.95. The predicted octanol–water partition coefficient (Wildman–Crippen LogP) is 1.88. The number of benzene rings is 1. The van der Waals surface area contributed by atoms with E-state index >= 15 is 0 Å². The number of carbonyl (C=O) groups excluding carboxylic acids is 1. The Morgan fingerprint density at radius 3 is 2.94 bits per heavy atom. The second kappa shape index (κ2) is 4.53. The van der Waals surface area contributed by atoms with Crippen molar-refractivity contribution in [3.63, 3.8) is 0 Å². The number of anilines is 1. The zero-order chi connectivity index (χ0) is 11.5. The van der Waals surface area contributed by atoms with E-state index in [1.54, 1.807) is 4.90 Å². The number of nitrogens with zero attached hydrogens (tertiary/aromatic N) is 1. The summed E-state index contributed by atoms with van der Waals surface area (Å²) >= 11 is 0. The molecule has 1 saturated heterocycles. The molecule has 0 aromatic heterocycles. The molecule has 1 atom stereocenters. The molecule has 1 aromatic carbocycles. The van der Waals surface area contributed by atoms with Gasteiger partial charge in [-0.3, -0.25) is 4.90 Å². The van der Waals surface area contributed by atoms with Crippen molar-refractivity contribution in [3.05, 3.63) is 29.8 Å². The molecular weight excluding hydrogens is 204 g/mol. The Balaban J connectivity index is 2.37. The minimum atomic E-state index is -0.278. The summed E-state index contributed by atoms with van der Waals surface area (Å²) in [6.07, 6.45) is 0.574. The highest BCUT2D eigenvalue weighted by Gasteiger charge is 2.28. The number of carbonyl (C=O) groups is 1. The molecule has 4 nitrogen and oxygen atoms in total. The van der Waals surface area contributed by atoms with Crippen LogP contribution in [0.15, 0.2) is 24.3 Å². The molecule has 0 aliphatic carbocycles. The summed E-state index contributed by atoms with van der Waals surface area (Å²) in [5.74, 6) is 0. The molecule has 1 aromatic rings. The van der Waals surface area contributed by atoms with Gasteiger partial charge in [0.1, 0.15) is 0 Å². The van der Waals surface area contributed by atoms with Crippen molar-refractivity contribution in [2.24, 2.45) is 5.73 Å².